The molecule has 73 valence electrons. The van der Waals surface area contributed by atoms with Gasteiger partial charge in [-0.15, -0.1) is 0 Å². The third-order valence-electron chi connectivity index (χ3n) is 1.23. The van der Waals surface area contributed by atoms with Crippen molar-refractivity contribution in [3.8, 4) is 0 Å². The fraction of sp³-hybridized carbons (Fsp3) is 0.833. The Bertz CT molecular complexity index is 141. The molecular weight excluding hydrogens is 183 g/mol. The Balaban J connectivity index is 4.38. The zero-order chi connectivity index (χ0) is 9.99. The predicted molar refractivity (Wildman–Crippen MR) is 31.5 cm³/mol. The molecule has 1 unspecified atom stereocenters. The first-order valence-corrected chi connectivity index (χ1v) is 3.11. The normalized spacial score (nSPS) is 16.2. The molecule has 0 aromatic heterocycles. The Hall–Kier alpha value is -0.390. The lowest BCUT2D eigenvalue weighted by molar-refractivity contribution is -0.312. The topological polar surface area (TPSA) is 9.23 Å². The predicted octanol–water partition coefficient (Wildman–Crippen LogP) is 2.77. The molecule has 0 fully saturated rings. The molecule has 0 spiro atoms. The fourth-order valence-electron chi connectivity index (χ4n) is 0.520. The average molecular weight is 191 g/mol. The second-order valence-corrected chi connectivity index (χ2v) is 2.13. The standard InChI is InChI=1S/C6H8F5O/c1-3-12-4(2)5(7,8)6(9,10)11/h3-4H,1-2H3. The first-order chi connectivity index (χ1) is 5.23. The van der Waals surface area contributed by atoms with E-state index in [1.807, 2.05) is 0 Å². The van der Waals surface area contributed by atoms with Gasteiger partial charge in [-0.1, -0.05) is 0 Å². The van der Waals surface area contributed by atoms with Crippen LogP contribution in [0.2, 0.25) is 0 Å². The van der Waals surface area contributed by atoms with Crippen molar-refractivity contribution in [3.05, 3.63) is 6.61 Å². The van der Waals surface area contributed by atoms with E-state index >= 15 is 0 Å². The highest BCUT2D eigenvalue weighted by Crippen LogP contribution is 2.39. The van der Waals surface area contributed by atoms with E-state index in [0.29, 0.717) is 6.92 Å². The summed E-state index contributed by atoms with van der Waals surface area (Å²) in [6.07, 6.45) is -7.75. The summed E-state index contributed by atoms with van der Waals surface area (Å²) in [5.74, 6) is -4.81. The lowest BCUT2D eigenvalue weighted by Gasteiger charge is -2.25. The highest BCUT2D eigenvalue weighted by molar-refractivity contribution is 4.82. The molecule has 0 heterocycles. The summed E-state index contributed by atoms with van der Waals surface area (Å²) in [7, 11) is 0. The molecule has 0 saturated heterocycles. The fourth-order valence-corrected chi connectivity index (χ4v) is 0.520. The summed E-state index contributed by atoms with van der Waals surface area (Å²) in [4.78, 5) is 0. The van der Waals surface area contributed by atoms with Crippen molar-refractivity contribution in [1.29, 1.82) is 0 Å². The van der Waals surface area contributed by atoms with Gasteiger partial charge in [0.15, 0.2) is 0 Å². The SMILES string of the molecule is C[CH]OC(C)C(F)(F)C(F)(F)F. The Kier molecular flexibility index (Phi) is 3.44. The number of hydrogen-bond donors (Lipinski definition) is 0. The molecular formula is C6H8F5O. The lowest BCUT2D eigenvalue weighted by atomic mass is 10.2. The van der Waals surface area contributed by atoms with Crippen LogP contribution in [0.5, 0.6) is 0 Å². The minimum atomic E-state index is -5.56. The van der Waals surface area contributed by atoms with Crippen LogP contribution in [0.3, 0.4) is 0 Å². The lowest BCUT2D eigenvalue weighted by Crippen LogP contribution is -2.46. The van der Waals surface area contributed by atoms with Gasteiger partial charge in [-0.3, -0.25) is 0 Å². The van der Waals surface area contributed by atoms with Crippen LogP contribution in [-0.4, -0.2) is 18.2 Å². The molecule has 0 aliphatic rings. The van der Waals surface area contributed by atoms with E-state index in [1.165, 1.54) is 6.92 Å². The van der Waals surface area contributed by atoms with Crippen molar-refractivity contribution in [3.63, 3.8) is 0 Å². The van der Waals surface area contributed by atoms with E-state index in [0.717, 1.165) is 6.61 Å². The Labute approximate surface area is 66.5 Å². The first-order valence-electron chi connectivity index (χ1n) is 3.11. The van der Waals surface area contributed by atoms with Gasteiger partial charge in [0.05, 0.1) is 6.61 Å². The summed E-state index contributed by atoms with van der Waals surface area (Å²) < 4.78 is 63.2. The van der Waals surface area contributed by atoms with Gasteiger partial charge in [-0.25, -0.2) is 0 Å². The van der Waals surface area contributed by atoms with E-state index in [1.54, 1.807) is 0 Å². The third-order valence-corrected chi connectivity index (χ3v) is 1.23. The van der Waals surface area contributed by atoms with E-state index in [2.05, 4.69) is 4.74 Å². The van der Waals surface area contributed by atoms with Crippen molar-refractivity contribution in [1.82, 2.24) is 0 Å². The van der Waals surface area contributed by atoms with Gasteiger partial charge in [0.1, 0.15) is 6.10 Å². The first kappa shape index (κ1) is 11.6. The molecule has 0 aromatic carbocycles. The molecule has 0 saturated carbocycles. The average Bonchev–Trinajstić information content (AvgIpc) is 1.85. The summed E-state index contributed by atoms with van der Waals surface area (Å²) in [5.41, 5.74) is 0. The van der Waals surface area contributed by atoms with Gasteiger partial charge in [0, 0.05) is 0 Å². The van der Waals surface area contributed by atoms with Gasteiger partial charge in [-0.05, 0) is 13.8 Å². The van der Waals surface area contributed by atoms with Crippen LogP contribution in [0.4, 0.5) is 22.0 Å². The third kappa shape index (κ3) is 2.30. The van der Waals surface area contributed by atoms with Crippen LogP contribution < -0.4 is 0 Å². The van der Waals surface area contributed by atoms with E-state index in [-0.39, 0.29) is 0 Å². The number of alkyl halides is 5. The number of halogens is 5. The highest BCUT2D eigenvalue weighted by Gasteiger charge is 2.61. The Morgan fingerprint density at radius 3 is 1.83 bits per heavy atom. The molecule has 1 nitrogen and oxygen atoms in total. The second kappa shape index (κ2) is 3.55. The molecule has 0 N–H and O–H groups in total. The van der Waals surface area contributed by atoms with E-state index < -0.39 is 18.2 Å². The summed E-state index contributed by atoms with van der Waals surface area (Å²) in [6.45, 7) is 2.68. The smallest absolute Gasteiger partial charge is 0.366 e. The van der Waals surface area contributed by atoms with E-state index in [4.69, 9.17) is 0 Å². The molecule has 6 heteroatoms. The van der Waals surface area contributed by atoms with Crippen molar-refractivity contribution >= 4 is 0 Å². The summed E-state index contributed by atoms with van der Waals surface area (Å²) in [5, 5.41) is 0. The van der Waals surface area contributed by atoms with Gasteiger partial charge < -0.3 is 4.74 Å². The second-order valence-electron chi connectivity index (χ2n) is 2.13. The molecule has 0 bridgehead atoms. The van der Waals surface area contributed by atoms with Gasteiger partial charge in [-0.2, -0.15) is 22.0 Å². The molecule has 12 heavy (non-hydrogen) atoms. The van der Waals surface area contributed by atoms with Crippen LogP contribution in [0, 0.1) is 6.61 Å². The number of rotatable bonds is 3. The Morgan fingerprint density at radius 1 is 1.17 bits per heavy atom. The maximum atomic E-state index is 12.2. The minimum absolute atomic E-state index is 0.660. The zero-order valence-corrected chi connectivity index (χ0v) is 6.45. The molecule has 0 aliphatic carbocycles. The number of hydrogen-bond acceptors (Lipinski definition) is 1. The van der Waals surface area contributed by atoms with Crippen LogP contribution in [-0.2, 0) is 4.74 Å². The molecule has 0 amide bonds. The van der Waals surface area contributed by atoms with Crippen molar-refractivity contribution in [2.45, 2.75) is 32.1 Å². The monoisotopic (exact) mass is 191 g/mol. The van der Waals surface area contributed by atoms with Crippen LogP contribution >= 0.6 is 0 Å². The van der Waals surface area contributed by atoms with Gasteiger partial charge in [0.2, 0.25) is 0 Å². The van der Waals surface area contributed by atoms with Crippen molar-refractivity contribution < 1.29 is 26.7 Å². The maximum Gasteiger partial charge on any atom is 0.456 e. The Morgan fingerprint density at radius 2 is 1.58 bits per heavy atom. The van der Waals surface area contributed by atoms with Crippen molar-refractivity contribution in [2.24, 2.45) is 0 Å². The maximum absolute atomic E-state index is 12.2. The van der Waals surface area contributed by atoms with Crippen molar-refractivity contribution in [2.75, 3.05) is 0 Å². The summed E-state index contributed by atoms with van der Waals surface area (Å²) in [6, 6.07) is 0. The summed E-state index contributed by atoms with van der Waals surface area (Å²) >= 11 is 0. The van der Waals surface area contributed by atoms with Gasteiger partial charge in [0.25, 0.3) is 0 Å². The molecule has 0 aromatic rings. The minimum Gasteiger partial charge on any atom is -0.366 e. The van der Waals surface area contributed by atoms with E-state index in [9.17, 15) is 22.0 Å². The number of ether oxygens (including phenoxy) is 1. The largest absolute Gasteiger partial charge is 0.456 e. The zero-order valence-electron chi connectivity index (χ0n) is 6.45. The molecule has 0 rings (SSSR count). The van der Waals surface area contributed by atoms with Crippen LogP contribution in [0.15, 0.2) is 0 Å². The molecule has 1 radical (unpaired) electrons. The molecule has 0 aliphatic heterocycles. The quantitative estimate of drug-likeness (QED) is 0.623. The molecule has 1 atom stereocenters. The van der Waals surface area contributed by atoms with Gasteiger partial charge >= 0.3 is 12.1 Å². The van der Waals surface area contributed by atoms with Crippen LogP contribution in [0.1, 0.15) is 13.8 Å². The highest BCUT2D eigenvalue weighted by atomic mass is 19.4. The van der Waals surface area contributed by atoms with Crippen LogP contribution in [0.25, 0.3) is 0 Å².